The molecule has 0 radical (unpaired) electrons. The minimum Gasteiger partial charge on any atom is -0.507 e. The van der Waals surface area contributed by atoms with Crippen LogP contribution >= 0.6 is 0 Å². The van der Waals surface area contributed by atoms with Gasteiger partial charge in [-0.3, -0.25) is 9.35 Å². The highest BCUT2D eigenvalue weighted by Crippen LogP contribution is 2.42. The van der Waals surface area contributed by atoms with Crippen molar-refractivity contribution in [2.75, 3.05) is 11.1 Å². The van der Waals surface area contributed by atoms with Gasteiger partial charge in [0.2, 0.25) is 5.90 Å². The number of nitrogens with one attached hydrogen (secondary N) is 1. The largest absolute Gasteiger partial charge is 0.507 e. The zero-order chi connectivity index (χ0) is 34.0. The first kappa shape index (κ1) is 32.1. The van der Waals surface area contributed by atoms with Gasteiger partial charge in [0.25, 0.3) is 16.0 Å². The predicted octanol–water partition coefficient (Wildman–Crippen LogP) is 6.39. The normalized spacial score (nSPS) is 12.0. The highest BCUT2D eigenvalue weighted by molar-refractivity contribution is 7.86. The lowest BCUT2D eigenvalue weighted by Crippen LogP contribution is -2.12. The quantitative estimate of drug-likeness (QED) is 0.0242. The number of rotatable bonds is 8. The Kier molecular flexibility index (Phi) is 8.59. The fourth-order valence-corrected chi connectivity index (χ4v) is 5.18. The van der Waals surface area contributed by atoms with Crippen LogP contribution in [0.4, 0.5) is 28.4 Å². The molecule has 0 bridgehead atoms. The molecule has 238 valence electrons. The summed E-state index contributed by atoms with van der Waals surface area (Å²) in [4.78, 5) is 27.5. The smallest absolute Gasteiger partial charge is 0.339 e. The number of aliphatic hydroxyl groups excluding tert-OH is 1. The van der Waals surface area contributed by atoms with E-state index in [1.54, 1.807) is 24.3 Å². The van der Waals surface area contributed by atoms with E-state index < -0.39 is 44.1 Å². The predicted molar refractivity (Wildman–Crippen MR) is 173 cm³/mol. The third-order valence-electron chi connectivity index (χ3n) is 6.90. The number of carbonyl (C=O) groups is 2. The number of carbonyl (C=O) groups excluding carboxylic acids is 1. The van der Waals surface area contributed by atoms with E-state index in [4.69, 9.17) is 5.73 Å². The van der Waals surface area contributed by atoms with Crippen LogP contribution in [0, 0.1) is 6.92 Å². The van der Waals surface area contributed by atoms with Crippen LogP contribution < -0.4 is 11.1 Å². The molecule has 0 saturated heterocycles. The van der Waals surface area contributed by atoms with E-state index in [1.807, 2.05) is 0 Å². The van der Waals surface area contributed by atoms with E-state index in [0.717, 1.165) is 12.1 Å². The molecule has 1 amide bonds. The summed E-state index contributed by atoms with van der Waals surface area (Å²) in [6, 6.07) is 19.7. The first-order valence-electron chi connectivity index (χ1n) is 13.5. The average molecular weight is 656 g/mol. The third-order valence-corrected chi connectivity index (χ3v) is 7.77. The lowest BCUT2D eigenvalue weighted by molar-refractivity contribution is 0.0693. The summed E-state index contributed by atoms with van der Waals surface area (Å²) < 4.78 is 34.5. The summed E-state index contributed by atoms with van der Waals surface area (Å²) in [5.41, 5.74) is 6.54. The van der Waals surface area contributed by atoms with Crippen molar-refractivity contribution in [1.29, 1.82) is 0 Å². The molecule has 5 rings (SSSR count). The second kappa shape index (κ2) is 12.6. The van der Waals surface area contributed by atoms with Crippen LogP contribution in [0.5, 0.6) is 11.5 Å². The monoisotopic (exact) mass is 655 g/mol. The molecule has 0 atom stereocenters. The third kappa shape index (κ3) is 7.00. The number of aliphatic hydroxyl groups is 1. The molecule has 0 spiro atoms. The van der Waals surface area contributed by atoms with Gasteiger partial charge >= 0.3 is 5.97 Å². The number of aromatic carboxylic acids is 1. The fourth-order valence-electron chi connectivity index (χ4n) is 4.53. The number of anilines is 2. The number of azo groups is 1. The van der Waals surface area contributed by atoms with Gasteiger partial charge in [0.15, 0.2) is 5.75 Å². The van der Waals surface area contributed by atoms with Gasteiger partial charge < -0.3 is 31.5 Å². The van der Waals surface area contributed by atoms with Crippen molar-refractivity contribution < 1.29 is 43.0 Å². The van der Waals surface area contributed by atoms with E-state index in [0.29, 0.717) is 11.3 Å². The Morgan fingerprint density at radius 2 is 1.43 bits per heavy atom. The summed E-state index contributed by atoms with van der Waals surface area (Å²) in [6.45, 7) is 1.49. The zero-order valence-corrected chi connectivity index (χ0v) is 25.1. The van der Waals surface area contributed by atoms with Crippen LogP contribution in [0.25, 0.3) is 10.8 Å². The number of nitrogen functional groups attached to an aromatic ring is 1. The van der Waals surface area contributed by atoms with Crippen molar-refractivity contribution >= 4 is 67.1 Å². The van der Waals surface area contributed by atoms with Crippen LogP contribution in [0.1, 0.15) is 31.8 Å². The van der Waals surface area contributed by atoms with Gasteiger partial charge in [0.05, 0.1) is 11.4 Å². The van der Waals surface area contributed by atoms with E-state index in [2.05, 4.69) is 20.5 Å². The molecule has 47 heavy (non-hydrogen) atoms. The van der Waals surface area contributed by atoms with E-state index in [1.165, 1.54) is 55.5 Å². The number of hydrogen-bond donors (Lipinski definition) is 7. The number of aromatic hydroxyl groups is 2. The van der Waals surface area contributed by atoms with Crippen LogP contribution in [-0.2, 0) is 10.1 Å². The number of aliphatic imine (C=N–C) groups is 1. The Bertz CT molecular complexity index is 2230. The highest BCUT2D eigenvalue weighted by atomic mass is 32.2. The number of carboxylic acid groups (broad SMARTS) is 1. The zero-order valence-electron chi connectivity index (χ0n) is 24.3. The maximum Gasteiger partial charge on any atom is 0.339 e. The molecule has 0 unspecified atom stereocenters. The number of phenolic OH excluding ortho intramolecular Hbond substituents is 1. The Morgan fingerprint density at radius 3 is 2.06 bits per heavy atom. The van der Waals surface area contributed by atoms with Crippen molar-refractivity contribution in [2.24, 2.45) is 15.2 Å². The fraction of sp³-hybridized carbons (Fsp3) is 0.0312. The Hall–Kier alpha value is -6.32. The number of nitrogens with two attached hydrogens (primary N) is 1. The Morgan fingerprint density at radius 1 is 0.787 bits per heavy atom. The van der Waals surface area contributed by atoms with E-state index in [-0.39, 0.29) is 50.4 Å². The molecule has 0 fully saturated rings. The number of phenols is 2. The van der Waals surface area contributed by atoms with E-state index in [9.17, 15) is 43.0 Å². The summed E-state index contributed by atoms with van der Waals surface area (Å²) in [7, 11) is -4.91. The highest BCUT2D eigenvalue weighted by Gasteiger charge is 2.22. The van der Waals surface area contributed by atoms with E-state index >= 15 is 0 Å². The summed E-state index contributed by atoms with van der Waals surface area (Å²) in [6.07, 6.45) is 0. The molecule has 0 heterocycles. The minimum atomic E-state index is -4.91. The average Bonchev–Trinajstić information content (AvgIpc) is 3.02. The number of aryl methyl sites for hydroxylation is 1. The summed E-state index contributed by atoms with van der Waals surface area (Å²) >= 11 is 0. The first-order valence-corrected chi connectivity index (χ1v) is 15.0. The molecule has 8 N–H and O–H groups in total. The lowest BCUT2D eigenvalue weighted by atomic mass is 10.1. The molecule has 15 heteroatoms. The molecule has 0 aliphatic carbocycles. The van der Waals surface area contributed by atoms with Crippen molar-refractivity contribution in [1.82, 2.24) is 0 Å². The summed E-state index contributed by atoms with van der Waals surface area (Å²) in [5, 5.41) is 51.3. The lowest BCUT2D eigenvalue weighted by Gasteiger charge is -2.10. The molecule has 0 aromatic heterocycles. The molecule has 14 nitrogen and oxygen atoms in total. The maximum atomic E-state index is 12.7. The van der Waals surface area contributed by atoms with Gasteiger partial charge in [-0.25, -0.2) is 9.79 Å². The van der Waals surface area contributed by atoms with Crippen LogP contribution in [0.2, 0.25) is 0 Å². The number of carboxylic acids is 1. The maximum absolute atomic E-state index is 12.7. The van der Waals surface area contributed by atoms with Gasteiger partial charge in [-0.05, 0) is 103 Å². The summed E-state index contributed by atoms with van der Waals surface area (Å²) in [5.74, 6) is -3.31. The van der Waals surface area contributed by atoms with Crippen molar-refractivity contribution in [3.8, 4) is 11.5 Å². The van der Waals surface area contributed by atoms with Gasteiger partial charge in [0, 0.05) is 27.9 Å². The van der Waals surface area contributed by atoms with Crippen LogP contribution in [0.15, 0.2) is 105 Å². The van der Waals surface area contributed by atoms with Gasteiger partial charge in [-0.1, -0.05) is 0 Å². The number of nitrogens with zero attached hydrogens (tertiary/aromatic N) is 3. The number of hydrogen-bond acceptors (Lipinski definition) is 10. The SMILES string of the molecule is Cc1cc(NC(=O)c2ccc(N=Nc3c(S(=O)(=O)O)cc4cc(N=C(O)c5ccc(N)cc5)ccc4c3O)cc2)cc(C(=O)O)c1O. The Labute approximate surface area is 266 Å². The first-order chi connectivity index (χ1) is 22.2. The van der Waals surface area contributed by atoms with Crippen LogP contribution in [-0.4, -0.2) is 51.2 Å². The molecule has 0 aliphatic rings. The van der Waals surface area contributed by atoms with Crippen LogP contribution in [0.3, 0.4) is 0 Å². The Balaban J connectivity index is 1.42. The minimum absolute atomic E-state index is 0.147. The molecule has 0 aliphatic heterocycles. The standard InChI is InChI=1S/C32H25N5O9S/c1-16-12-23(15-25(28(16)38)32(42)43)35-31(41)18-4-8-21(9-5-18)36-37-27-26(47(44,45)46)14-19-13-22(10-11-24(19)29(27)39)34-30(40)17-2-6-20(33)7-3-17/h2-15,38-39H,33H2,1H3,(H,34,40)(H,35,41)(H,42,43)(H,44,45,46). The van der Waals surface area contributed by atoms with Crippen molar-refractivity contribution in [3.05, 3.63) is 107 Å². The number of amides is 1. The van der Waals surface area contributed by atoms with Crippen molar-refractivity contribution in [3.63, 3.8) is 0 Å². The molecular weight excluding hydrogens is 630 g/mol. The molecule has 0 saturated carbocycles. The second-order valence-corrected chi connectivity index (χ2v) is 11.6. The molecule has 5 aromatic carbocycles. The topological polar surface area (TPSA) is 245 Å². The molecular formula is C32H25N5O9S. The van der Waals surface area contributed by atoms with Crippen molar-refractivity contribution in [2.45, 2.75) is 11.8 Å². The second-order valence-electron chi connectivity index (χ2n) is 10.2. The van der Waals surface area contributed by atoms with Gasteiger partial charge in [-0.15, -0.1) is 5.11 Å². The van der Waals surface area contributed by atoms with Gasteiger partial charge in [0.1, 0.15) is 21.9 Å². The molecule has 5 aromatic rings. The number of benzene rings is 5. The number of fused-ring (bicyclic) bond motifs is 1. The van der Waals surface area contributed by atoms with Gasteiger partial charge in [-0.2, -0.15) is 13.5 Å².